The van der Waals surface area contributed by atoms with Crippen molar-refractivity contribution in [1.29, 1.82) is 0 Å². The Kier molecular flexibility index (Phi) is 5.87. The molecule has 10 heteroatoms. The summed E-state index contributed by atoms with van der Waals surface area (Å²) >= 11 is 1.20. The second kappa shape index (κ2) is 8.89. The molecule has 154 valence electrons. The number of hydrogen-bond donors (Lipinski definition) is 2. The van der Waals surface area contributed by atoms with Gasteiger partial charge < -0.3 is 20.2 Å². The fourth-order valence-corrected chi connectivity index (χ4v) is 3.66. The minimum Gasteiger partial charge on any atom is -0.488 e. The second-order valence-corrected chi connectivity index (χ2v) is 7.41. The molecule has 0 atom stereocenters. The molecule has 0 bridgehead atoms. The number of pyridine rings is 1. The summed E-state index contributed by atoms with van der Waals surface area (Å²) in [6, 6.07) is 11.4. The predicted molar refractivity (Wildman–Crippen MR) is 112 cm³/mol. The number of H-pyrrole nitrogens is 1. The Hall–Kier alpha value is -3.50. The number of nitrogens with two attached hydrogens (primary N) is 1. The van der Waals surface area contributed by atoms with Crippen LogP contribution in [0, 0.1) is 0 Å². The van der Waals surface area contributed by atoms with Crippen LogP contribution in [0.4, 0.5) is 0 Å². The Balaban J connectivity index is 1.37. The third-order valence-electron chi connectivity index (χ3n) is 4.25. The van der Waals surface area contributed by atoms with Gasteiger partial charge in [0.25, 0.3) is 0 Å². The van der Waals surface area contributed by atoms with Crippen LogP contribution in [0.2, 0.25) is 0 Å². The van der Waals surface area contributed by atoms with Crippen molar-refractivity contribution in [2.75, 3.05) is 19.8 Å². The van der Waals surface area contributed by atoms with Gasteiger partial charge in [-0.1, -0.05) is 17.4 Å². The molecule has 0 fully saturated rings. The second-order valence-electron chi connectivity index (χ2n) is 6.40. The van der Waals surface area contributed by atoms with Crippen molar-refractivity contribution in [3.05, 3.63) is 69.7 Å². The van der Waals surface area contributed by atoms with Gasteiger partial charge >= 0.3 is 10.8 Å². The Morgan fingerprint density at radius 3 is 2.90 bits per heavy atom. The van der Waals surface area contributed by atoms with Crippen LogP contribution >= 0.6 is 11.3 Å². The smallest absolute Gasteiger partial charge is 0.319 e. The molecule has 4 rings (SSSR count). The Bertz CT molecular complexity index is 1210. The fourth-order valence-electron chi connectivity index (χ4n) is 2.86. The lowest BCUT2D eigenvalue weighted by molar-refractivity contribution is -0.142. The number of thiazole rings is 1. The number of hydrogen-bond acceptors (Lipinski definition) is 8. The maximum Gasteiger partial charge on any atom is 0.319 e. The number of benzene rings is 1. The van der Waals surface area contributed by atoms with Crippen molar-refractivity contribution in [3.63, 3.8) is 0 Å². The fraction of sp³-hybridized carbons (Fsp3) is 0.200. The summed E-state index contributed by atoms with van der Waals surface area (Å²) in [7, 11) is 0. The van der Waals surface area contributed by atoms with E-state index in [0.717, 1.165) is 21.5 Å². The highest BCUT2D eigenvalue weighted by Gasteiger charge is 2.07. The topological polar surface area (TPSA) is 125 Å². The molecule has 1 aromatic carbocycles. The van der Waals surface area contributed by atoms with Crippen LogP contribution in [0.25, 0.3) is 16.0 Å². The van der Waals surface area contributed by atoms with E-state index in [1.807, 2.05) is 30.5 Å². The first-order valence-corrected chi connectivity index (χ1v) is 10.0. The molecule has 0 saturated carbocycles. The SMILES string of the molecule is NCC(=O)OCCOc1ccc(-n2ccc(Cc3ccc4[nH]c(=O)sc4c3)n2)nc1. The lowest BCUT2D eigenvalue weighted by atomic mass is 10.1. The monoisotopic (exact) mass is 425 g/mol. The molecular formula is C20H19N5O4S. The summed E-state index contributed by atoms with van der Waals surface area (Å²) in [5.74, 6) is 0.751. The van der Waals surface area contributed by atoms with Gasteiger partial charge in [-0.05, 0) is 35.9 Å². The zero-order valence-electron chi connectivity index (χ0n) is 15.9. The van der Waals surface area contributed by atoms with E-state index in [-0.39, 0.29) is 24.6 Å². The molecule has 4 aromatic rings. The van der Waals surface area contributed by atoms with Crippen LogP contribution in [0.3, 0.4) is 0 Å². The zero-order valence-corrected chi connectivity index (χ0v) is 16.7. The molecule has 0 unspecified atom stereocenters. The quantitative estimate of drug-likeness (QED) is 0.325. The first-order valence-electron chi connectivity index (χ1n) is 9.22. The average Bonchev–Trinajstić information content (AvgIpc) is 3.36. The molecule has 0 aliphatic carbocycles. The van der Waals surface area contributed by atoms with Crippen molar-refractivity contribution >= 4 is 27.5 Å². The number of carbonyl (C=O) groups excluding carboxylic acids is 1. The molecule has 0 amide bonds. The molecule has 3 N–H and O–H groups in total. The largest absolute Gasteiger partial charge is 0.488 e. The maximum absolute atomic E-state index is 11.5. The van der Waals surface area contributed by atoms with E-state index < -0.39 is 5.97 Å². The summed E-state index contributed by atoms with van der Waals surface area (Å²) in [5.41, 5.74) is 7.98. The standard InChI is InChI=1S/C20H19N5O4S/c21-11-19(26)29-8-7-28-15-2-4-18(22-12-15)25-6-5-14(24-25)9-13-1-3-16-17(10-13)30-20(27)23-16/h1-6,10,12H,7-9,11,21H2,(H,23,27). The minimum absolute atomic E-state index is 0.0542. The summed E-state index contributed by atoms with van der Waals surface area (Å²) in [4.78, 5) is 29.5. The number of nitrogens with one attached hydrogen (secondary N) is 1. The van der Waals surface area contributed by atoms with Gasteiger partial charge in [0.15, 0.2) is 5.82 Å². The third-order valence-corrected chi connectivity index (χ3v) is 5.10. The number of carbonyl (C=O) groups is 1. The van der Waals surface area contributed by atoms with Crippen LogP contribution in [-0.4, -0.2) is 45.5 Å². The molecule has 0 spiro atoms. The summed E-state index contributed by atoms with van der Waals surface area (Å²) in [6.45, 7) is 0.203. The molecule has 3 aromatic heterocycles. The number of fused-ring (bicyclic) bond motifs is 1. The van der Waals surface area contributed by atoms with E-state index >= 15 is 0 Å². The van der Waals surface area contributed by atoms with Crippen molar-refractivity contribution in [2.45, 2.75) is 6.42 Å². The number of rotatable bonds is 8. The van der Waals surface area contributed by atoms with Crippen LogP contribution in [0.5, 0.6) is 5.75 Å². The molecular weight excluding hydrogens is 406 g/mol. The Morgan fingerprint density at radius 2 is 2.10 bits per heavy atom. The number of aromatic amines is 1. The van der Waals surface area contributed by atoms with Gasteiger partial charge in [0.05, 0.1) is 28.7 Å². The molecule has 30 heavy (non-hydrogen) atoms. The van der Waals surface area contributed by atoms with Crippen LogP contribution < -0.4 is 15.3 Å². The molecule has 0 saturated heterocycles. The van der Waals surface area contributed by atoms with Crippen LogP contribution in [0.15, 0.2) is 53.6 Å². The van der Waals surface area contributed by atoms with Crippen molar-refractivity contribution < 1.29 is 14.3 Å². The van der Waals surface area contributed by atoms with Gasteiger partial charge in [0.1, 0.15) is 19.0 Å². The molecule has 0 aliphatic heterocycles. The van der Waals surface area contributed by atoms with Gasteiger partial charge in [0.2, 0.25) is 0 Å². The first kappa shape index (κ1) is 19.8. The zero-order chi connectivity index (χ0) is 20.9. The number of aromatic nitrogens is 4. The van der Waals surface area contributed by atoms with Crippen molar-refractivity contribution in [2.24, 2.45) is 5.73 Å². The lowest BCUT2D eigenvalue weighted by Gasteiger charge is -2.07. The Morgan fingerprint density at radius 1 is 1.20 bits per heavy atom. The van der Waals surface area contributed by atoms with Gasteiger partial charge in [-0.15, -0.1) is 0 Å². The number of nitrogens with zero attached hydrogens (tertiary/aromatic N) is 3. The van der Waals surface area contributed by atoms with Gasteiger partial charge in [-0.25, -0.2) is 9.67 Å². The summed E-state index contributed by atoms with van der Waals surface area (Å²) in [6.07, 6.45) is 4.08. The summed E-state index contributed by atoms with van der Waals surface area (Å²) < 4.78 is 12.9. The van der Waals surface area contributed by atoms with E-state index in [1.54, 1.807) is 23.0 Å². The van der Waals surface area contributed by atoms with Crippen LogP contribution in [0.1, 0.15) is 11.3 Å². The lowest BCUT2D eigenvalue weighted by Crippen LogP contribution is -2.19. The van der Waals surface area contributed by atoms with Gasteiger partial charge in [-0.2, -0.15) is 5.10 Å². The highest BCUT2D eigenvalue weighted by Crippen LogP contribution is 2.19. The Labute approximate surface area is 175 Å². The van der Waals surface area contributed by atoms with Crippen molar-refractivity contribution in [3.8, 4) is 11.6 Å². The molecule has 0 radical (unpaired) electrons. The normalized spacial score (nSPS) is 11.0. The third kappa shape index (κ3) is 4.73. The van der Waals surface area contributed by atoms with E-state index in [4.69, 9.17) is 15.2 Å². The average molecular weight is 425 g/mol. The highest BCUT2D eigenvalue weighted by molar-refractivity contribution is 7.16. The molecule has 3 heterocycles. The van der Waals surface area contributed by atoms with E-state index in [1.165, 1.54) is 11.3 Å². The van der Waals surface area contributed by atoms with E-state index in [0.29, 0.717) is 18.0 Å². The molecule has 0 aliphatic rings. The van der Waals surface area contributed by atoms with E-state index in [9.17, 15) is 9.59 Å². The first-order chi connectivity index (χ1) is 14.6. The molecule has 9 nitrogen and oxygen atoms in total. The van der Waals surface area contributed by atoms with Crippen LogP contribution in [-0.2, 0) is 16.0 Å². The predicted octanol–water partition coefficient (Wildman–Crippen LogP) is 1.64. The minimum atomic E-state index is -0.467. The van der Waals surface area contributed by atoms with Crippen molar-refractivity contribution in [1.82, 2.24) is 19.7 Å². The number of ether oxygens (including phenoxy) is 2. The summed E-state index contributed by atoms with van der Waals surface area (Å²) in [5, 5.41) is 4.57. The highest BCUT2D eigenvalue weighted by atomic mass is 32.1. The number of esters is 1. The van der Waals surface area contributed by atoms with Gasteiger partial charge in [0, 0.05) is 12.6 Å². The van der Waals surface area contributed by atoms with Gasteiger partial charge in [-0.3, -0.25) is 9.59 Å². The maximum atomic E-state index is 11.5. The van der Waals surface area contributed by atoms with E-state index in [2.05, 4.69) is 15.1 Å².